The Morgan fingerprint density at radius 3 is 1.90 bits per heavy atom. The summed E-state index contributed by atoms with van der Waals surface area (Å²) >= 11 is 0. The van der Waals surface area contributed by atoms with Crippen molar-refractivity contribution in [3.8, 4) is 0 Å². The first-order chi connectivity index (χ1) is 19.6. The zero-order valence-electron chi connectivity index (χ0n) is 23.9. The second kappa shape index (κ2) is 19.5. The Hall–Kier alpha value is -3.67. The van der Waals surface area contributed by atoms with E-state index in [1.54, 1.807) is 13.8 Å². The van der Waals surface area contributed by atoms with Crippen LogP contribution in [0.1, 0.15) is 59.3 Å². The lowest BCUT2D eigenvalue weighted by atomic mass is 9.98. The molecular weight excluding hydrogens is 562 g/mol. The van der Waals surface area contributed by atoms with Gasteiger partial charge < -0.3 is 57.4 Å². The fraction of sp³-hybridized carbons (Fsp3) is 0.720. The number of carbonyl (C=O) groups excluding carboxylic acids is 6. The van der Waals surface area contributed by atoms with Crippen molar-refractivity contribution in [3.05, 3.63) is 0 Å². The van der Waals surface area contributed by atoms with Gasteiger partial charge in [0.25, 0.3) is 0 Å². The molecule has 0 aliphatic heterocycles. The first-order valence-electron chi connectivity index (χ1n) is 13.4. The highest BCUT2D eigenvalue weighted by molar-refractivity contribution is 5.92. The number of aliphatic carboxylic acids is 1. The van der Waals surface area contributed by atoms with Crippen molar-refractivity contribution < 1.29 is 58.7 Å². The van der Waals surface area contributed by atoms with Crippen LogP contribution in [-0.2, 0) is 38.3 Å². The first kappa shape index (κ1) is 38.3. The van der Waals surface area contributed by atoms with Gasteiger partial charge in [-0.25, -0.2) is 4.79 Å². The van der Waals surface area contributed by atoms with Gasteiger partial charge in [0.05, 0.1) is 12.5 Å². The number of hydrogen-bond donors (Lipinski definition) is 9. The Morgan fingerprint density at radius 1 is 0.857 bits per heavy atom. The smallest absolute Gasteiger partial charge is 0.326 e. The molecule has 0 heterocycles. The molecule has 0 radical (unpaired) electrons. The zero-order valence-corrected chi connectivity index (χ0v) is 23.9. The molecule has 5 amide bonds. The average molecular weight is 606 g/mol. The summed E-state index contributed by atoms with van der Waals surface area (Å²) in [5.41, 5.74) is 10.7. The first-order valence-corrected chi connectivity index (χ1v) is 13.4. The van der Waals surface area contributed by atoms with Crippen LogP contribution >= 0.6 is 0 Å². The van der Waals surface area contributed by atoms with E-state index in [1.165, 1.54) is 0 Å². The van der Waals surface area contributed by atoms with Gasteiger partial charge >= 0.3 is 5.97 Å². The van der Waals surface area contributed by atoms with Crippen molar-refractivity contribution in [1.82, 2.24) is 16.0 Å². The maximum atomic E-state index is 13.0. The summed E-state index contributed by atoms with van der Waals surface area (Å²) in [6.45, 7) is 3.56. The van der Waals surface area contributed by atoms with Gasteiger partial charge in [-0.3, -0.25) is 24.0 Å². The quantitative estimate of drug-likeness (QED) is 0.0536. The number of ether oxygens (including phenoxy) is 1. The number of aliphatic hydroxyl groups is 3. The molecule has 0 aromatic heterocycles. The second-order valence-corrected chi connectivity index (χ2v) is 9.68. The van der Waals surface area contributed by atoms with Crippen molar-refractivity contribution in [2.45, 2.75) is 102 Å². The van der Waals surface area contributed by atoms with E-state index in [2.05, 4.69) is 16.0 Å². The predicted octanol–water partition coefficient (Wildman–Crippen LogP) is -3.82. The molecule has 11 N–H and O–H groups in total. The van der Waals surface area contributed by atoms with E-state index in [-0.39, 0.29) is 25.5 Å². The number of rotatable bonds is 22. The number of hydrogen-bond acceptors (Lipinski definition) is 11. The molecule has 240 valence electrons. The number of aliphatic hydroxyl groups excluding tert-OH is 3. The SMILES string of the molecule is CCCC(=O)N[C@@H](C=O)[C@@H](OC(C(N)=O)C(C)C(=O)NC(CCC(=O)NC(CCC)C(=O)O)C(N)=O)[C@H](O)[C@H](O)CO. The molecule has 0 fully saturated rings. The number of carboxylic acid groups (broad SMARTS) is 1. The third-order valence-corrected chi connectivity index (χ3v) is 6.21. The lowest BCUT2D eigenvalue weighted by Crippen LogP contribution is -2.58. The van der Waals surface area contributed by atoms with Crippen LogP contribution in [0.3, 0.4) is 0 Å². The summed E-state index contributed by atoms with van der Waals surface area (Å²) in [5.74, 6) is -7.44. The van der Waals surface area contributed by atoms with E-state index in [4.69, 9.17) is 16.2 Å². The van der Waals surface area contributed by atoms with Crippen molar-refractivity contribution in [2.24, 2.45) is 17.4 Å². The summed E-state index contributed by atoms with van der Waals surface area (Å²) < 4.78 is 5.50. The standard InChI is InChI=1S/C25H43N5O12/c1-4-6-14(25(40)41)28-18(35)9-8-13(22(26)37)30-24(39)12(3)20(23(27)38)42-21(19(36)16(33)11-32)15(10-31)29-17(34)7-5-2/h10,12-16,19-21,32-33,36H,4-9,11H2,1-3H3,(H2,26,37)(H2,27,38)(H,28,35)(H,29,34)(H,30,39)(H,40,41)/t12?,13?,14?,15-,16+,19+,20?,21+/m0/s1. The number of nitrogens with two attached hydrogens (primary N) is 2. The lowest BCUT2D eigenvalue weighted by Gasteiger charge is -2.34. The Kier molecular flexibility index (Phi) is 17.8. The number of carbonyl (C=O) groups is 7. The molecule has 4 unspecified atom stereocenters. The molecule has 0 saturated carbocycles. The monoisotopic (exact) mass is 605 g/mol. The summed E-state index contributed by atoms with van der Waals surface area (Å²) in [6.07, 6.45) is -7.22. The molecule has 0 aliphatic rings. The number of nitrogens with one attached hydrogen (secondary N) is 3. The molecule has 0 rings (SSSR count). The van der Waals surface area contributed by atoms with Crippen molar-refractivity contribution in [2.75, 3.05) is 6.61 Å². The topological polar surface area (TPSA) is 298 Å². The highest BCUT2D eigenvalue weighted by Crippen LogP contribution is 2.18. The molecule has 0 aromatic rings. The molecule has 42 heavy (non-hydrogen) atoms. The van der Waals surface area contributed by atoms with Crippen LogP contribution in [0.25, 0.3) is 0 Å². The maximum absolute atomic E-state index is 13.0. The normalized spacial score (nSPS) is 16.8. The molecule has 0 spiro atoms. The van der Waals surface area contributed by atoms with Crippen molar-refractivity contribution in [1.29, 1.82) is 0 Å². The van der Waals surface area contributed by atoms with Gasteiger partial charge in [-0.15, -0.1) is 0 Å². The molecule has 17 nitrogen and oxygen atoms in total. The summed E-state index contributed by atoms with van der Waals surface area (Å²) in [7, 11) is 0. The largest absolute Gasteiger partial charge is 0.480 e. The molecule has 0 aliphatic carbocycles. The molecule has 17 heteroatoms. The zero-order chi connectivity index (χ0) is 32.6. The molecule has 0 bridgehead atoms. The second-order valence-electron chi connectivity index (χ2n) is 9.68. The highest BCUT2D eigenvalue weighted by Gasteiger charge is 2.41. The van der Waals surface area contributed by atoms with E-state index in [9.17, 15) is 54.0 Å². The summed E-state index contributed by atoms with van der Waals surface area (Å²) in [4.78, 5) is 84.5. The van der Waals surface area contributed by atoms with Gasteiger partial charge in [0, 0.05) is 12.8 Å². The fourth-order valence-corrected chi connectivity index (χ4v) is 3.80. The van der Waals surface area contributed by atoms with Gasteiger partial charge in [0.1, 0.15) is 48.8 Å². The fourth-order valence-electron chi connectivity index (χ4n) is 3.80. The summed E-state index contributed by atoms with van der Waals surface area (Å²) in [5, 5.41) is 45.7. The van der Waals surface area contributed by atoms with Crippen LogP contribution in [0, 0.1) is 5.92 Å². The molecule has 0 aromatic carbocycles. The van der Waals surface area contributed by atoms with Gasteiger partial charge in [0.15, 0.2) is 0 Å². The van der Waals surface area contributed by atoms with E-state index in [1.807, 2.05) is 0 Å². The van der Waals surface area contributed by atoms with Crippen LogP contribution in [0.15, 0.2) is 0 Å². The van der Waals surface area contributed by atoms with Gasteiger partial charge in [-0.1, -0.05) is 27.2 Å². The number of amides is 5. The predicted molar refractivity (Wildman–Crippen MR) is 144 cm³/mol. The number of primary amides is 2. The van der Waals surface area contributed by atoms with Gasteiger partial charge in [-0.05, 0) is 19.3 Å². The third kappa shape index (κ3) is 12.9. The van der Waals surface area contributed by atoms with Crippen LogP contribution in [0.2, 0.25) is 0 Å². The average Bonchev–Trinajstić information content (AvgIpc) is 2.92. The van der Waals surface area contributed by atoms with E-state index in [0.717, 1.165) is 6.92 Å². The van der Waals surface area contributed by atoms with Crippen LogP contribution in [0.4, 0.5) is 0 Å². The Labute approximate surface area is 242 Å². The minimum atomic E-state index is -2.04. The lowest BCUT2D eigenvalue weighted by molar-refractivity contribution is -0.167. The van der Waals surface area contributed by atoms with Crippen molar-refractivity contribution in [3.63, 3.8) is 0 Å². The molecule has 0 saturated heterocycles. The highest BCUT2D eigenvalue weighted by atomic mass is 16.5. The summed E-state index contributed by atoms with van der Waals surface area (Å²) in [6, 6.07) is -4.23. The maximum Gasteiger partial charge on any atom is 0.326 e. The van der Waals surface area contributed by atoms with E-state index >= 15 is 0 Å². The van der Waals surface area contributed by atoms with Crippen molar-refractivity contribution >= 4 is 41.8 Å². The number of carboxylic acids is 1. The van der Waals surface area contributed by atoms with Crippen LogP contribution in [0.5, 0.6) is 0 Å². The van der Waals surface area contributed by atoms with Gasteiger partial charge in [-0.2, -0.15) is 0 Å². The molecule has 8 atom stereocenters. The molecular formula is C25H43N5O12. The Morgan fingerprint density at radius 2 is 1.45 bits per heavy atom. The van der Waals surface area contributed by atoms with Crippen LogP contribution < -0.4 is 27.4 Å². The van der Waals surface area contributed by atoms with E-state index in [0.29, 0.717) is 12.8 Å². The van der Waals surface area contributed by atoms with E-state index < -0.39 is 97.0 Å². The number of aldehydes is 1. The Bertz CT molecular complexity index is 949. The minimum absolute atomic E-state index is 0.0180. The minimum Gasteiger partial charge on any atom is -0.480 e. The third-order valence-electron chi connectivity index (χ3n) is 6.21. The Balaban J connectivity index is 5.80. The van der Waals surface area contributed by atoms with Crippen LogP contribution in [-0.4, -0.2) is 111 Å². The van der Waals surface area contributed by atoms with Gasteiger partial charge in [0.2, 0.25) is 29.5 Å².